The highest BCUT2D eigenvalue weighted by molar-refractivity contribution is 5.81. The maximum atomic E-state index is 11.0. The van der Waals surface area contributed by atoms with Crippen LogP contribution in [0.1, 0.15) is 40.5 Å². The quantitative estimate of drug-likeness (QED) is 0.296. The minimum atomic E-state index is -0.345. The highest BCUT2D eigenvalue weighted by Crippen LogP contribution is 2.06. The minimum Gasteiger partial charge on any atom is -0.495 e. The summed E-state index contributed by atoms with van der Waals surface area (Å²) in [5.41, 5.74) is -0.264. The van der Waals surface area contributed by atoms with Gasteiger partial charge >= 0.3 is 5.97 Å². The van der Waals surface area contributed by atoms with Gasteiger partial charge in [0.05, 0.1) is 24.5 Å². The van der Waals surface area contributed by atoms with Gasteiger partial charge in [0.1, 0.15) is 0 Å². The fourth-order valence-corrected chi connectivity index (χ4v) is 0.659. The summed E-state index contributed by atoms with van der Waals surface area (Å²) < 4.78 is 10.1. The summed E-state index contributed by atoms with van der Waals surface area (Å²) in [6.07, 6.45) is 4.62. The van der Waals surface area contributed by atoms with Crippen molar-refractivity contribution in [2.24, 2.45) is 0 Å². The molecule has 0 amide bonds. The molecule has 14 heavy (non-hydrogen) atoms. The average Bonchev–Trinajstić information content (AvgIpc) is 2.02. The summed E-state index contributed by atoms with van der Waals surface area (Å²) in [7, 11) is 0. The van der Waals surface area contributed by atoms with Gasteiger partial charge in [-0.25, -0.2) is 4.79 Å². The van der Waals surface area contributed by atoms with Crippen LogP contribution in [0.5, 0.6) is 0 Å². The molecule has 0 unspecified atom stereocenters. The molecule has 3 heteroatoms. The molecule has 0 rings (SSSR count). The SMILES string of the molecule is CCCCOC(=O)C=COC(C)(C)C. The van der Waals surface area contributed by atoms with Crippen LogP contribution in [-0.2, 0) is 14.3 Å². The predicted molar refractivity (Wildman–Crippen MR) is 55.8 cm³/mol. The second-order valence-corrected chi connectivity index (χ2v) is 4.05. The Kier molecular flexibility index (Phi) is 6.00. The van der Waals surface area contributed by atoms with Crippen molar-refractivity contribution in [2.45, 2.75) is 46.1 Å². The lowest BCUT2D eigenvalue weighted by Gasteiger charge is -2.17. The van der Waals surface area contributed by atoms with Crippen molar-refractivity contribution in [3.63, 3.8) is 0 Å². The van der Waals surface area contributed by atoms with Gasteiger partial charge in [-0.05, 0) is 27.2 Å². The van der Waals surface area contributed by atoms with E-state index in [2.05, 4.69) is 0 Å². The van der Waals surface area contributed by atoms with Crippen LogP contribution in [0, 0.1) is 0 Å². The maximum absolute atomic E-state index is 11.0. The molecule has 0 fully saturated rings. The second kappa shape index (κ2) is 6.46. The van der Waals surface area contributed by atoms with Crippen LogP contribution in [0.15, 0.2) is 12.3 Å². The Labute approximate surface area is 86.1 Å². The fourth-order valence-electron chi connectivity index (χ4n) is 0.659. The first-order chi connectivity index (χ1) is 6.45. The number of ether oxygens (including phenoxy) is 2. The van der Waals surface area contributed by atoms with E-state index in [4.69, 9.17) is 9.47 Å². The van der Waals surface area contributed by atoms with E-state index in [0.717, 1.165) is 12.8 Å². The van der Waals surface area contributed by atoms with Gasteiger partial charge in [0.15, 0.2) is 0 Å². The third kappa shape index (κ3) is 9.10. The summed E-state index contributed by atoms with van der Waals surface area (Å²) in [6.45, 7) is 8.28. The smallest absolute Gasteiger partial charge is 0.333 e. The Morgan fingerprint density at radius 2 is 2.00 bits per heavy atom. The third-order valence-electron chi connectivity index (χ3n) is 1.37. The van der Waals surface area contributed by atoms with E-state index in [0.29, 0.717) is 6.61 Å². The molecule has 0 radical (unpaired) electrons. The Bertz CT molecular complexity index is 189. The molecule has 0 aromatic heterocycles. The molecule has 0 atom stereocenters. The molecule has 0 aromatic carbocycles. The zero-order valence-corrected chi connectivity index (χ0v) is 9.50. The van der Waals surface area contributed by atoms with Gasteiger partial charge in [-0.2, -0.15) is 0 Å². The Morgan fingerprint density at radius 3 is 2.50 bits per heavy atom. The fraction of sp³-hybridized carbons (Fsp3) is 0.727. The highest BCUT2D eigenvalue weighted by Gasteiger charge is 2.07. The van der Waals surface area contributed by atoms with Gasteiger partial charge < -0.3 is 9.47 Å². The predicted octanol–water partition coefficient (Wildman–Crippen LogP) is 2.66. The number of carbonyl (C=O) groups excluding carboxylic acids is 1. The number of rotatable bonds is 5. The maximum Gasteiger partial charge on any atom is 0.333 e. The Morgan fingerprint density at radius 1 is 1.36 bits per heavy atom. The first-order valence-corrected chi connectivity index (χ1v) is 4.97. The topological polar surface area (TPSA) is 35.5 Å². The minimum absolute atomic E-state index is 0.264. The van der Waals surface area contributed by atoms with Crippen LogP contribution in [-0.4, -0.2) is 18.2 Å². The molecular formula is C11H20O3. The van der Waals surface area contributed by atoms with Gasteiger partial charge in [-0.15, -0.1) is 0 Å². The van der Waals surface area contributed by atoms with E-state index in [-0.39, 0.29) is 11.6 Å². The molecule has 0 aromatic rings. The molecule has 3 nitrogen and oxygen atoms in total. The number of hydrogen-bond acceptors (Lipinski definition) is 3. The van der Waals surface area contributed by atoms with E-state index in [1.807, 2.05) is 27.7 Å². The molecule has 0 aliphatic carbocycles. The Hall–Kier alpha value is -0.990. The van der Waals surface area contributed by atoms with Crippen molar-refractivity contribution < 1.29 is 14.3 Å². The molecular weight excluding hydrogens is 180 g/mol. The van der Waals surface area contributed by atoms with E-state index >= 15 is 0 Å². The summed E-state index contributed by atoms with van der Waals surface area (Å²) in [6, 6.07) is 0. The van der Waals surface area contributed by atoms with Crippen LogP contribution in [0.3, 0.4) is 0 Å². The molecule has 0 saturated heterocycles. The molecule has 0 aliphatic heterocycles. The first kappa shape index (κ1) is 13.0. The third-order valence-corrected chi connectivity index (χ3v) is 1.37. The van der Waals surface area contributed by atoms with E-state index < -0.39 is 0 Å². The van der Waals surface area contributed by atoms with Crippen molar-refractivity contribution >= 4 is 5.97 Å². The van der Waals surface area contributed by atoms with Crippen molar-refractivity contribution in [1.29, 1.82) is 0 Å². The second-order valence-electron chi connectivity index (χ2n) is 4.05. The van der Waals surface area contributed by atoms with Gasteiger partial charge in [-0.3, -0.25) is 0 Å². The average molecular weight is 200 g/mol. The molecule has 0 saturated carbocycles. The normalized spacial score (nSPS) is 11.7. The van der Waals surface area contributed by atoms with Crippen LogP contribution in [0.4, 0.5) is 0 Å². The van der Waals surface area contributed by atoms with Gasteiger partial charge in [0.2, 0.25) is 0 Å². The van der Waals surface area contributed by atoms with Crippen molar-refractivity contribution in [3.05, 3.63) is 12.3 Å². The van der Waals surface area contributed by atoms with E-state index in [1.165, 1.54) is 12.3 Å². The molecule has 0 aliphatic rings. The molecule has 82 valence electrons. The van der Waals surface area contributed by atoms with Crippen LogP contribution in [0.25, 0.3) is 0 Å². The summed E-state index contributed by atoms with van der Waals surface area (Å²) >= 11 is 0. The molecule has 0 N–H and O–H groups in total. The van der Waals surface area contributed by atoms with E-state index in [1.54, 1.807) is 0 Å². The number of unbranched alkanes of at least 4 members (excludes halogenated alkanes) is 1. The molecule has 0 heterocycles. The summed E-state index contributed by atoms with van der Waals surface area (Å²) in [5, 5.41) is 0. The number of hydrogen-bond donors (Lipinski definition) is 0. The van der Waals surface area contributed by atoms with Gasteiger partial charge in [0.25, 0.3) is 0 Å². The lowest BCUT2D eigenvalue weighted by atomic mass is 10.2. The lowest BCUT2D eigenvalue weighted by molar-refractivity contribution is -0.138. The van der Waals surface area contributed by atoms with Crippen LogP contribution < -0.4 is 0 Å². The monoisotopic (exact) mass is 200 g/mol. The van der Waals surface area contributed by atoms with Gasteiger partial charge in [0, 0.05) is 0 Å². The highest BCUT2D eigenvalue weighted by atomic mass is 16.5. The summed E-state index contributed by atoms with van der Waals surface area (Å²) in [4.78, 5) is 11.0. The van der Waals surface area contributed by atoms with Gasteiger partial charge in [-0.1, -0.05) is 13.3 Å². The van der Waals surface area contributed by atoms with Crippen LogP contribution >= 0.6 is 0 Å². The number of esters is 1. The first-order valence-electron chi connectivity index (χ1n) is 4.97. The van der Waals surface area contributed by atoms with Crippen molar-refractivity contribution in [1.82, 2.24) is 0 Å². The zero-order valence-electron chi connectivity index (χ0n) is 9.50. The zero-order chi connectivity index (χ0) is 11.0. The summed E-state index contributed by atoms with van der Waals surface area (Å²) in [5.74, 6) is -0.345. The largest absolute Gasteiger partial charge is 0.495 e. The Balaban J connectivity index is 3.61. The molecule has 0 bridgehead atoms. The van der Waals surface area contributed by atoms with Crippen molar-refractivity contribution in [2.75, 3.05) is 6.61 Å². The van der Waals surface area contributed by atoms with Crippen LogP contribution in [0.2, 0.25) is 0 Å². The van der Waals surface area contributed by atoms with E-state index in [9.17, 15) is 4.79 Å². The molecule has 0 spiro atoms. The number of carbonyl (C=O) groups is 1. The standard InChI is InChI=1S/C11H20O3/c1-5-6-8-13-10(12)7-9-14-11(2,3)4/h7,9H,5-6,8H2,1-4H3. The van der Waals surface area contributed by atoms with Crippen molar-refractivity contribution in [3.8, 4) is 0 Å². The lowest BCUT2D eigenvalue weighted by Crippen LogP contribution is -2.15.